The molecular weight excluding hydrogens is 136 g/mol. The number of azo groups is 1. The summed E-state index contributed by atoms with van der Waals surface area (Å²) in [6.07, 6.45) is 0. The number of urea groups is 2. The van der Waals surface area contributed by atoms with Gasteiger partial charge in [-0.15, -0.1) is 0 Å². The minimum Gasteiger partial charge on any atom is -0.348 e. The van der Waals surface area contributed by atoms with Crippen LogP contribution < -0.4 is 5.73 Å². The molecule has 0 aromatic heterocycles. The summed E-state index contributed by atoms with van der Waals surface area (Å²) in [5.74, 6) is 0. The normalized spacial score (nSPS) is 9.80. The highest BCUT2D eigenvalue weighted by Crippen LogP contribution is 1.84. The molecule has 4 amide bonds. The van der Waals surface area contributed by atoms with Crippen molar-refractivity contribution < 1.29 is 9.59 Å². The molecule has 10 heavy (non-hydrogen) atoms. The zero-order valence-corrected chi connectivity index (χ0v) is 5.74. The van der Waals surface area contributed by atoms with E-state index in [0.29, 0.717) is 0 Å². The average Bonchev–Trinajstić information content (AvgIpc) is 1.82. The lowest BCUT2D eigenvalue weighted by molar-refractivity contribution is 0.224. The van der Waals surface area contributed by atoms with E-state index in [1.807, 2.05) is 0 Å². The van der Waals surface area contributed by atoms with Gasteiger partial charge >= 0.3 is 12.1 Å². The molecule has 0 spiro atoms. The molecule has 6 heteroatoms. The second-order valence-electron chi connectivity index (χ2n) is 1.72. The van der Waals surface area contributed by atoms with Crippen LogP contribution in [0.3, 0.4) is 0 Å². The molecule has 0 unspecified atom stereocenters. The Balaban J connectivity index is 3.90. The number of primary amides is 1. The molecule has 0 fully saturated rings. The summed E-state index contributed by atoms with van der Waals surface area (Å²) in [6, 6.07) is -1.59. The van der Waals surface area contributed by atoms with E-state index in [1.165, 1.54) is 19.0 Å². The fourth-order valence-electron chi connectivity index (χ4n) is 0.181. The predicted octanol–water partition coefficient (Wildman–Crippen LogP) is 0.199. The van der Waals surface area contributed by atoms with Crippen molar-refractivity contribution in [2.24, 2.45) is 16.0 Å². The van der Waals surface area contributed by atoms with Gasteiger partial charge in [0.1, 0.15) is 0 Å². The van der Waals surface area contributed by atoms with Crippen molar-refractivity contribution in [3.05, 3.63) is 0 Å². The summed E-state index contributed by atoms with van der Waals surface area (Å²) in [4.78, 5) is 21.6. The first-order valence-corrected chi connectivity index (χ1v) is 2.46. The quantitative estimate of drug-likeness (QED) is 0.492. The van der Waals surface area contributed by atoms with E-state index in [-0.39, 0.29) is 0 Å². The minimum atomic E-state index is -0.977. The molecule has 0 saturated carbocycles. The topological polar surface area (TPSA) is 88.1 Å². The molecule has 0 aliphatic rings. The molecule has 6 nitrogen and oxygen atoms in total. The smallest absolute Gasteiger partial charge is 0.348 e. The van der Waals surface area contributed by atoms with Crippen LogP contribution in [0.15, 0.2) is 10.2 Å². The first kappa shape index (κ1) is 8.54. The number of amides is 4. The summed E-state index contributed by atoms with van der Waals surface area (Å²) in [7, 11) is 2.98. The standard InChI is InChI=1S/C4H8N4O2/c1-8(2)4(10)7-6-3(5)9/h1-2H3,(H2,5,9)/b7-6+. The minimum absolute atomic E-state index is 0.612. The van der Waals surface area contributed by atoms with Gasteiger partial charge in [0.2, 0.25) is 0 Å². The summed E-state index contributed by atoms with van der Waals surface area (Å²) in [5.41, 5.74) is 4.57. The molecule has 56 valence electrons. The fourth-order valence-corrected chi connectivity index (χ4v) is 0.181. The van der Waals surface area contributed by atoms with Crippen LogP contribution in [0, 0.1) is 0 Å². The Morgan fingerprint density at radius 3 is 2.10 bits per heavy atom. The Morgan fingerprint density at radius 1 is 1.30 bits per heavy atom. The maximum Gasteiger partial charge on any atom is 0.361 e. The molecule has 0 radical (unpaired) electrons. The Morgan fingerprint density at radius 2 is 1.80 bits per heavy atom. The first-order valence-electron chi connectivity index (χ1n) is 2.46. The Labute approximate surface area is 57.7 Å². The fraction of sp³-hybridized carbons (Fsp3) is 0.500. The zero-order chi connectivity index (χ0) is 8.15. The summed E-state index contributed by atoms with van der Waals surface area (Å²) < 4.78 is 0. The van der Waals surface area contributed by atoms with E-state index < -0.39 is 12.1 Å². The maximum absolute atomic E-state index is 10.5. The Bertz CT molecular complexity index is 174. The van der Waals surface area contributed by atoms with Crippen LogP contribution in [0.2, 0.25) is 0 Å². The SMILES string of the molecule is CN(C)C(=O)/N=N/C(N)=O. The molecule has 0 saturated heterocycles. The summed E-state index contributed by atoms with van der Waals surface area (Å²) >= 11 is 0. The van der Waals surface area contributed by atoms with E-state index >= 15 is 0 Å². The van der Waals surface area contributed by atoms with E-state index in [4.69, 9.17) is 0 Å². The van der Waals surface area contributed by atoms with Gasteiger partial charge in [0.25, 0.3) is 0 Å². The van der Waals surface area contributed by atoms with E-state index in [9.17, 15) is 9.59 Å². The third-order valence-electron chi connectivity index (χ3n) is 0.617. The third kappa shape index (κ3) is 3.53. The van der Waals surface area contributed by atoms with Crippen LogP contribution in [0.5, 0.6) is 0 Å². The molecule has 0 aromatic rings. The number of carbonyl (C=O) groups is 2. The highest BCUT2D eigenvalue weighted by Gasteiger charge is 1.99. The first-order chi connectivity index (χ1) is 4.54. The molecule has 0 atom stereocenters. The number of rotatable bonds is 0. The lowest BCUT2D eigenvalue weighted by Gasteiger charge is -2.01. The van der Waals surface area contributed by atoms with Gasteiger partial charge in [0.15, 0.2) is 0 Å². The molecule has 0 rings (SSSR count). The van der Waals surface area contributed by atoms with Crippen molar-refractivity contribution in [2.75, 3.05) is 14.1 Å². The number of carbonyl (C=O) groups excluding carboxylic acids is 2. The van der Waals surface area contributed by atoms with Crippen LogP contribution in [0.25, 0.3) is 0 Å². The van der Waals surface area contributed by atoms with Gasteiger partial charge in [-0.3, -0.25) is 0 Å². The van der Waals surface area contributed by atoms with Crippen LogP contribution >= 0.6 is 0 Å². The monoisotopic (exact) mass is 144 g/mol. The van der Waals surface area contributed by atoms with E-state index in [2.05, 4.69) is 16.0 Å². The largest absolute Gasteiger partial charge is 0.361 e. The van der Waals surface area contributed by atoms with Crippen molar-refractivity contribution in [2.45, 2.75) is 0 Å². The van der Waals surface area contributed by atoms with Crippen molar-refractivity contribution in [3.63, 3.8) is 0 Å². The van der Waals surface area contributed by atoms with E-state index in [1.54, 1.807) is 0 Å². The van der Waals surface area contributed by atoms with Crippen LogP contribution in [0.1, 0.15) is 0 Å². The van der Waals surface area contributed by atoms with Gasteiger partial charge < -0.3 is 10.6 Å². The second kappa shape index (κ2) is 3.54. The molecule has 0 aliphatic carbocycles. The molecule has 0 aliphatic heterocycles. The van der Waals surface area contributed by atoms with Crippen LogP contribution in [-0.2, 0) is 0 Å². The molecule has 2 N–H and O–H groups in total. The van der Waals surface area contributed by atoms with Gasteiger partial charge in [-0.1, -0.05) is 10.2 Å². The van der Waals surface area contributed by atoms with Gasteiger partial charge in [-0.05, 0) is 0 Å². The average molecular weight is 144 g/mol. The highest BCUT2D eigenvalue weighted by atomic mass is 16.2. The van der Waals surface area contributed by atoms with E-state index in [0.717, 1.165) is 0 Å². The van der Waals surface area contributed by atoms with Crippen LogP contribution in [-0.4, -0.2) is 31.1 Å². The Hall–Kier alpha value is -1.46. The molecule has 0 aromatic carbocycles. The van der Waals surface area contributed by atoms with Gasteiger partial charge in [-0.25, -0.2) is 9.59 Å². The highest BCUT2D eigenvalue weighted by molar-refractivity contribution is 5.78. The molecular formula is C4H8N4O2. The summed E-state index contributed by atoms with van der Waals surface area (Å²) in [6.45, 7) is 0. The lowest BCUT2D eigenvalue weighted by atomic mass is 10.9. The Kier molecular flexibility index (Phi) is 3.03. The van der Waals surface area contributed by atoms with Crippen molar-refractivity contribution in [1.82, 2.24) is 4.90 Å². The predicted molar refractivity (Wildman–Crippen MR) is 33.5 cm³/mol. The molecule has 0 bridgehead atoms. The zero-order valence-electron chi connectivity index (χ0n) is 5.74. The number of hydrogen-bond acceptors (Lipinski definition) is 2. The van der Waals surface area contributed by atoms with Crippen LogP contribution in [0.4, 0.5) is 9.59 Å². The van der Waals surface area contributed by atoms with Crippen molar-refractivity contribution >= 4 is 12.1 Å². The maximum atomic E-state index is 10.5. The lowest BCUT2D eigenvalue weighted by Crippen LogP contribution is -2.17. The number of nitrogens with zero attached hydrogens (tertiary/aromatic N) is 3. The molecule has 0 heterocycles. The second-order valence-corrected chi connectivity index (χ2v) is 1.72. The third-order valence-corrected chi connectivity index (χ3v) is 0.617. The van der Waals surface area contributed by atoms with Crippen molar-refractivity contribution in [1.29, 1.82) is 0 Å². The number of hydrogen-bond donors (Lipinski definition) is 1. The van der Waals surface area contributed by atoms with Gasteiger partial charge in [0, 0.05) is 14.1 Å². The number of nitrogens with two attached hydrogens (primary N) is 1. The van der Waals surface area contributed by atoms with Crippen molar-refractivity contribution in [3.8, 4) is 0 Å². The van der Waals surface area contributed by atoms with Gasteiger partial charge in [-0.2, -0.15) is 0 Å². The summed E-state index contributed by atoms with van der Waals surface area (Å²) in [5, 5.41) is 5.78. The van der Waals surface area contributed by atoms with Gasteiger partial charge in [0.05, 0.1) is 0 Å².